The Morgan fingerprint density at radius 2 is 2.06 bits per heavy atom. The zero-order valence-corrected chi connectivity index (χ0v) is 18.0. The highest BCUT2D eigenvalue weighted by molar-refractivity contribution is 7.89. The summed E-state index contributed by atoms with van der Waals surface area (Å²) in [6.45, 7) is 0.438. The largest absolute Gasteiger partial charge is 0.453 e. The van der Waals surface area contributed by atoms with Crippen LogP contribution in [0.25, 0.3) is 6.08 Å². The van der Waals surface area contributed by atoms with Gasteiger partial charge in [0.1, 0.15) is 5.75 Å². The highest BCUT2D eigenvalue weighted by atomic mass is 32.2. The highest BCUT2D eigenvalue weighted by Crippen LogP contribution is 2.31. The number of anilines is 1. The van der Waals surface area contributed by atoms with Gasteiger partial charge in [0.15, 0.2) is 11.6 Å². The molecule has 0 unspecified atom stereocenters. The van der Waals surface area contributed by atoms with E-state index in [1.807, 2.05) is 0 Å². The van der Waals surface area contributed by atoms with Crippen LogP contribution in [0.15, 0.2) is 71.9 Å². The van der Waals surface area contributed by atoms with Crippen LogP contribution in [0.5, 0.6) is 11.5 Å². The van der Waals surface area contributed by atoms with Crippen LogP contribution in [0.4, 0.5) is 10.1 Å². The number of hydrogen-bond donors (Lipinski definition) is 1. The molecule has 0 radical (unpaired) electrons. The van der Waals surface area contributed by atoms with Crippen LogP contribution in [0.3, 0.4) is 0 Å². The number of carbonyl (C=O) groups excluding carboxylic acids is 1. The summed E-state index contributed by atoms with van der Waals surface area (Å²) < 4.78 is 46.1. The second-order valence-corrected chi connectivity index (χ2v) is 8.94. The lowest BCUT2D eigenvalue weighted by molar-refractivity contribution is -0.114. The molecule has 0 atom stereocenters. The Balaban J connectivity index is 1.47. The molecule has 1 aromatic heterocycles. The standard InChI is InChI=1S/C23H20FN3O4S/c1-25-32(29,30)19-6-7-21-17(14-19)10-12-27(21)23(28)9-5-16-4-8-22(20(24)13-16)31-18-3-2-11-26-15-18/h2-9,11,13-15,25H,10,12H2,1H3/b9-5+. The molecule has 2 heterocycles. The van der Waals surface area contributed by atoms with Crippen molar-refractivity contribution in [3.8, 4) is 11.5 Å². The lowest BCUT2D eigenvalue weighted by Gasteiger charge is -2.15. The second-order valence-electron chi connectivity index (χ2n) is 7.05. The number of amides is 1. The molecule has 1 aliphatic rings. The summed E-state index contributed by atoms with van der Waals surface area (Å²) in [6, 6.07) is 12.4. The summed E-state index contributed by atoms with van der Waals surface area (Å²) in [6.07, 6.45) is 6.52. The molecule has 32 heavy (non-hydrogen) atoms. The van der Waals surface area contributed by atoms with E-state index < -0.39 is 15.8 Å². The van der Waals surface area contributed by atoms with Gasteiger partial charge in [-0.3, -0.25) is 9.78 Å². The van der Waals surface area contributed by atoms with Gasteiger partial charge in [0.2, 0.25) is 10.0 Å². The predicted molar refractivity (Wildman–Crippen MR) is 118 cm³/mol. The first-order valence-electron chi connectivity index (χ1n) is 9.81. The maximum absolute atomic E-state index is 14.4. The third-order valence-corrected chi connectivity index (χ3v) is 6.44. The number of rotatable bonds is 6. The number of ether oxygens (including phenoxy) is 1. The van der Waals surface area contributed by atoms with Gasteiger partial charge in [-0.2, -0.15) is 0 Å². The van der Waals surface area contributed by atoms with Gasteiger partial charge in [-0.25, -0.2) is 17.5 Å². The average Bonchev–Trinajstić information content (AvgIpc) is 3.23. The number of carbonyl (C=O) groups is 1. The fourth-order valence-corrected chi connectivity index (χ4v) is 4.17. The van der Waals surface area contributed by atoms with Crippen LogP contribution in [0.2, 0.25) is 0 Å². The molecule has 7 nitrogen and oxygen atoms in total. The van der Waals surface area contributed by atoms with Gasteiger partial charge in [-0.15, -0.1) is 0 Å². The summed E-state index contributed by atoms with van der Waals surface area (Å²) in [4.78, 5) is 18.3. The van der Waals surface area contributed by atoms with Crippen molar-refractivity contribution in [1.29, 1.82) is 0 Å². The lowest BCUT2D eigenvalue weighted by atomic mass is 10.1. The minimum absolute atomic E-state index is 0.0577. The van der Waals surface area contributed by atoms with Gasteiger partial charge in [-0.1, -0.05) is 6.07 Å². The molecule has 0 saturated carbocycles. The Kier molecular flexibility index (Phi) is 6.02. The summed E-state index contributed by atoms with van der Waals surface area (Å²) in [5, 5.41) is 0. The Hall–Kier alpha value is -3.56. The number of nitrogens with zero attached hydrogens (tertiary/aromatic N) is 2. The quantitative estimate of drug-likeness (QED) is 0.577. The van der Waals surface area contributed by atoms with Gasteiger partial charge in [0.25, 0.3) is 5.91 Å². The number of sulfonamides is 1. The molecule has 0 spiro atoms. The monoisotopic (exact) mass is 453 g/mol. The molecule has 9 heteroatoms. The molecular formula is C23H20FN3O4S. The Bertz CT molecular complexity index is 1290. The first-order valence-corrected chi connectivity index (χ1v) is 11.3. The maximum Gasteiger partial charge on any atom is 0.251 e. The second kappa shape index (κ2) is 8.89. The van der Waals surface area contributed by atoms with E-state index in [9.17, 15) is 17.6 Å². The van der Waals surface area contributed by atoms with Crippen molar-refractivity contribution in [1.82, 2.24) is 9.71 Å². The van der Waals surface area contributed by atoms with Gasteiger partial charge >= 0.3 is 0 Å². The van der Waals surface area contributed by atoms with E-state index >= 15 is 0 Å². The predicted octanol–water partition coefficient (Wildman–Crippen LogP) is 3.52. The van der Waals surface area contributed by atoms with E-state index in [4.69, 9.17) is 4.74 Å². The van der Waals surface area contributed by atoms with Crippen LogP contribution in [-0.2, 0) is 21.2 Å². The molecule has 0 fully saturated rings. The van der Waals surface area contributed by atoms with Crippen LogP contribution in [-0.4, -0.2) is 32.9 Å². The first-order chi connectivity index (χ1) is 15.4. The fourth-order valence-electron chi connectivity index (χ4n) is 3.39. The van der Waals surface area contributed by atoms with Crippen molar-refractivity contribution in [3.05, 3.63) is 83.9 Å². The first kappa shape index (κ1) is 21.7. The summed E-state index contributed by atoms with van der Waals surface area (Å²) in [5.74, 6) is -0.358. The van der Waals surface area contributed by atoms with Gasteiger partial charge in [0, 0.05) is 24.5 Å². The van der Waals surface area contributed by atoms with Crippen molar-refractivity contribution in [2.75, 3.05) is 18.5 Å². The molecule has 1 N–H and O–H groups in total. The maximum atomic E-state index is 14.4. The Morgan fingerprint density at radius 3 is 2.78 bits per heavy atom. The number of fused-ring (bicyclic) bond motifs is 1. The lowest BCUT2D eigenvalue weighted by Crippen LogP contribution is -2.26. The normalized spacial score (nSPS) is 13.4. The molecule has 0 aliphatic carbocycles. The highest BCUT2D eigenvalue weighted by Gasteiger charge is 2.25. The molecule has 1 amide bonds. The van der Waals surface area contributed by atoms with Crippen LogP contribution in [0, 0.1) is 5.82 Å². The van der Waals surface area contributed by atoms with Crippen LogP contribution in [0.1, 0.15) is 11.1 Å². The SMILES string of the molecule is CNS(=O)(=O)c1ccc2c(c1)CCN2C(=O)/C=C/c1ccc(Oc2cccnc2)c(F)c1. The molecule has 2 aromatic carbocycles. The average molecular weight is 453 g/mol. The number of hydrogen-bond acceptors (Lipinski definition) is 5. The Morgan fingerprint density at radius 1 is 1.22 bits per heavy atom. The van der Waals surface area contributed by atoms with E-state index in [0.29, 0.717) is 30.0 Å². The number of nitrogens with one attached hydrogen (secondary N) is 1. The van der Waals surface area contributed by atoms with Crippen LogP contribution < -0.4 is 14.4 Å². The van der Waals surface area contributed by atoms with Crippen molar-refractivity contribution < 1.29 is 22.3 Å². The van der Waals surface area contributed by atoms with Crippen molar-refractivity contribution >= 4 is 27.7 Å². The van der Waals surface area contributed by atoms with Gasteiger partial charge < -0.3 is 9.64 Å². The fraction of sp³-hybridized carbons (Fsp3) is 0.130. The molecule has 4 rings (SSSR count). The summed E-state index contributed by atoms with van der Waals surface area (Å²) in [5.41, 5.74) is 1.95. The minimum Gasteiger partial charge on any atom is -0.453 e. The third-order valence-electron chi connectivity index (χ3n) is 5.03. The summed E-state index contributed by atoms with van der Waals surface area (Å²) in [7, 11) is -2.20. The van der Waals surface area contributed by atoms with Crippen molar-refractivity contribution in [2.45, 2.75) is 11.3 Å². The molecular weight excluding hydrogens is 433 g/mol. The van der Waals surface area contributed by atoms with E-state index in [1.54, 1.807) is 41.4 Å². The van der Waals surface area contributed by atoms with E-state index in [2.05, 4.69) is 9.71 Å². The number of aromatic nitrogens is 1. The smallest absolute Gasteiger partial charge is 0.251 e. The van der Waals surface area contributed by atoms with E-state index in [0.717, 1.165) is 5.56 Å². The van der Waals surface area contributed by atoms with Gasteiger partial charge in [0.05, 0.1) is 11.1 Å². The molecule has 1 aliphatic heterocycles. The molecule has 3 aromatic rings. The van der Waals surface area contributed by atoms with Crippen LogP contribution >= 0.6 is 0 Å². The third kappa shape index (κ3) is 4.53. The Labute approximate surface area is 185 Å². The molecule has 0 bridgehead atoms. The number of benzene rings is 2. The summed E-state index contributed by atoms with van der Waals surface area (Å²) >= 11 is 0. The van der Waals surface area contributed by atoms with E-state index in [1.165, 1.54) is 43.6 Å². The van der Waals surface area contributed by atoms with Crippen molar-refractivity contribution in [2.24, 2.45) is 0 Å². The zero-order valence-electron chi connectivity index (χ0n) is 17.2. The van der Waals surface area contributed by atoms with Crippen molar-refractivity contribution in [3.63, 3.8) is 0 Å². The molecule has 0 saturated heterocycles. The zero-order chi connectivity index (χ0) is 22.7. The van der Waals surface area contributed by atoms with E-state index in [-0.39, 0.29) is 16.6 Å². The molecule has 164 valence electrons. The minimum atomic E-state index is -3.55. The topological polar surface area (TPSA) is 88.6 Å². The van der Waals surface area contributed by atoms with Gasteiger partial charge in [-0.05, 0) is 73.1 Å². The number of halogens is 1. The number of pyridine rings is 1.